The zero-order valence-electron chi connectivity index (χ0n) is 18.8. The highest BCUT2D eigenvalue weighted by molar-refractivity contribution is 7.89. The molecule has 1 N–H and O–H groups in total. The second-order valence-corrected chi connectivity index (χ2v) is 10.2. The first-order valence-corrected chi connectivity index (χ1v) is 12.7. The van der Waals surface area contributed by atoms with E-state index >= 15 is 0 Å². The van der Waals surface area contributed by atoms with Gasteiger partial charge in [-0.1, -0.05) is 16.8 Å². The second kappa shape index (κ2) is 10.1. The number of hydrogen-bond donors (Lipinski definition) is 1. The van der Waals surface area contributed by atoms with Crippen molar-refractivity contribution in [1.82, 2.24) is 14.4 Å². The van der Waals surface area contributed by atoms with Gasteiger partial charge in [-0.15, -0.1) is 0 Å². The second-order valence-electron chi connectivity index (χ2n) is 7.93. The molecule has 2 heterocycles. The topological polar surface area (TPSA) is 115 Å². The summed E-state index contributed by atoms with van der Waals surface area (Å²) in [5.41, 5.74) is 1.10. The van der Waals surface area contributed by atoms with Crippen LogP contribution in [0.3, 0.4) is 0 Å². The van der Waals surface area contributed by atoms with Crippen LogP contribution in [0, 0.1) is 12.8 Å². The number of nitrogens with zero attached hydrogens (tertiary/aromatic N) is 3. The Balaban J connectivity index is 1.50. The van der Waals surface area contributed by atoms with Gasteiger partial charge in [0.05, 0.1) is 17.5 Å². The summed E-state index contributed by atoms with van der Waals surface area (Å²) in [5, 5.41) is 6.80. The zero-order chi connectivity index (χ0) is 24.3. The van der Waals surface area contributed by atoms with E-state index in [1.807, 2.05) is 6.92 Å². The summed E-state index contributed by atoms with van der Waals surface area (Å²) < 4.78 is 38.6. The Labute approximate surface area is 203 Å². The predicted octanol–water partition coefficient (Wildman–Crippen LogP) is 4.14. The highest BCUT2D eigenvalue weighted by atomic mass is 35.5. The molecule has 1 saturated heterocycles. The van der Waals surface area contributed by atoms with Gasteiger partial charge < -0.3 is 14.6 Å². The van der Waals surface area contributed by atoms with E-state index < -0.39 is 15.9 Å². The highest BCUT2D eigenvalue weighted by Gasteiger charge is 2.34. The Morgan fingerprint density at radius 3 is 2.71 bits per heavy atom. The first-order chi connectivity index (χ1) is 16.3. The molecule has 0 spiro atoms. The average molecular weight is 505 g/mol. The quantitative estimate of drug-likeness (QED) is 0.514. The van der Waals surface area contributed by atoms with Crippen molar-refractivity contribution >= 4 is 33.2 Å². The molecule has 0 saturated carbocycles. The molecule has 1 aliphatic heterocycles. The maximum absolute atomic E-state index is 13.5. The maximum Gasteiger partial charge on any atom is 0.244 e. The van der Waals surface area contributed by atoms with Crippen LogP contribution >= 0.6 is 11.6 Å². The molecule has 3 aromatic rings. The number of amides is 1. The fraction of sp³-hybridized carbons (Fsp3) is 0.348. The number of ether oxygens (including phenoxy) is 1. The smallest absolute Gasteiger partial charge is 0.244 e. The average Bonchev–Trinajstić information content (AvgIpc) is 3.27. The molecule has 0 radical (unpaired) electrons. The van der Waals surface area contributed by atoms with E-state index in [-0.39, 0.29) is 28.2 Å². The van der Waals surface area contributed by atoms with Crippen LogP contribution in [0.15, 0.2) is 51.9 Å². The first-order valence-electron chi connectivity index (χ1n) is 10.9. The molecule has 0 bridgehead atoms. The van der Waals surface area contributed by atoms with Crippen molar-refractivity contribution in [2.45, 2.75) is 31.6 Å². The first kappa shape index (κ1) is 24.2. The molecule has 1 atom stereocenters. The van der Waals surface area contributed by atoms with E-state index in [0.717, 1.165) is 0 Å². The molecule has 1 amide bonds. The van der Waals surface area contributed by atoms with Crippen molar-refractivity contribution in [1.29, 1.82) is 0 Å². The minimum absolute atomic E-state index is 0.0540. The monoisotopic (exact) mass is 504 g/mol. The van der Waals surface area contributed by atoms with Crippen molar-refractivity contribution in [3.8, 4) is 17.1 Å². The molecule has 0 unspecified atom stereocenters. The third-order valence-corrected chi connectivity index (χ3v) is 7.87. The number of hydrogen-bond acceptors (Lipinski definition) is 7. The van der Waals surface area contributed by atoms with Crippen LogP contribution in [0.4, 0.5) is 5.69 Å². The largest absolute Gasteiger partial charge is 0.494 e. The molecule has 2 aromatic carbocycles. The van der Waals surface area contributed by atoms with Gasteiger partial charge in [0.25, 0.3) is 0 Å². The van der Waals surface area contributed by atoms with E-state index in [2.05, 4.69) is 15.5 Å². The van der Waals surface area contributed by atoms with E-state index in [0.29, 0.717) is 48.9 Å². The Kier molecular flexibility index (Phi) is 7.20. The molecule has 1 aliphatic rings. The summed E-state index contributed by atoms with van der Waals surface area (Å²) in [7, 11) is -3.95. The molecular formula is C23H25ClN4O5S. The number of anilines is 1. The van der Waals surface area contributed by atoms with Gasteiger partial charge in [-0.2, -0.15) is 9.29 Å². The van der Waals surface area contributed by atoms with Crippen LogP contribution in [0.25, 0.3) is 11.4 Å². The van der Waals surface area contributed by atoms with Crippen molar-refractivity contribution in [3.05, 3.63) is 53.4 Å². The van der Waals surface area contributed by atoms with Crippen LogP contribution in [-0.4, -0.2) is 48.5 Å². The number of nitrogens with one attached hydrogen (secondary N) is 1. The van der Waals surface area contributed by atoms with E-state index in [4.69, 9.17) is 20.9 Å². The molecule has 0 aliphatic carbocycles. The number of benzene rings is 2. The van der Waals surface area contributed by atoms with E-state index in [1.165, 1.54) is 16.4 Å². The van der Waals surface area contributed by atoms with Gasteiger partial charge in [0, 0.05) is 31.3 Å². The number of aromatic nitrogens is 2. The minimum atomic E-state index is -3.95. The molecule has 34 heavy (non-hydrogen) atoms. The van der Waals surface area contributed by atoms with Gasteiger partial charge in [-0.05, 0) is 62.2 Å². The number of aryl methyl sites for hydroxylation is 1. The Hall–Kier alpha value is -2.95. The van der Waals surface area contributed by atoms with Gasteiger partial charge in [-0.3, -0.25) is 4.79 Å². The number of rotatable bonds is 7. The van der Waals surface area contributed by atoms with E-state index in [9.17, 15) is 13.2 Å². The van der Waals surface area contributed by atoms with Crippen molar-refractivity contribution < 1.29 is 22.5 Å². The lowest BCUT2D eigenvalue weighted by Crippen LogP contribution is -2.43. The molecule has 1 aromatic heterocycles. The lowest BCUT2D eigenvalue weighted by Gasteiger charge is -2.31. The van der Waals surface area contributed by atoms with Crippen LogP contribution in [0.5, 0.6) is 5.75 Å². The molecule has 4 rings (SSSR count). The van der Waals surface area contributed by atoms with Crippen LogP contribution in [0.1, 0.15) is 25.7 Å². The van der Waals surface area contributed by atoms with Crippen LogP contribution in [-0.2, 0) is 14.8 Å². The van der Waals surface area contributed by atoms with Crippen molar-refractivity contribution in [2.75, 3.05) is 25.0 Å². The Morgan fingerprint density at radius 1 is 1.26 bits per heavy atom. The minimum Gasteiger partial charge on any atom is -0.494 e. The van der Waals surface area contributed by atoms with Gasteiger partial charge in [0.15, 0.2) is 0 Å². The normalized spacial score (nSPS) is 16.9. The maximum atomic E-state index is 13.5. The fourth-order valence-electron chi connectivity index (χ4n) is 3.82. The summed E-state index contributed by atoms with van der Waals surface area (Å²) in [6.07, 6.45) is 1.15. The van der Waals surface area contributed by atoms with Gasteiger partial charge in [-0.25, -0.2) is 8.42 Å². The van der Waals surface area contributed by atoms with Crippen LogP contribution in [0.2, 0.25) is 5.02 Å². The highest BCUT2D eigenvalue weighted by Crippen LogP contribution is 2.32. The summed E-state index contributed by atoms with van der Waals surface area (Å²) >= 11 is 6.27. The van der Waals surface area contributed by atoms with Gasteiger partial charge in [0.1, 0.15) is 10.6 Å². The van der Waals surface area contributed by atoms with Crippen molar-refractivity contribution in [3.63, 3.8) is 0 Å². The number of sulfonamides is 1. The SMILES string of the molecule is CCOc1ccc(NC(=O)[C@H]2CCCN(S(=O)(=O)c3cc(-c4noc(C)n4)ccc3Cl)C2)cc1. The predicted molar refractivity (Wildman–Crippen MR) is 127 cm³/mol. The number of carbonyl (C=O) groups is 1. The van der Waals surface area contributed by atoms with Gasteiger partial charge >= 0.3 is 0 Å². The number of halogens is 1. The number of piperidine rings is 1. The number of carbonyl (C=O) groups excluding carboxylic acids is 1. The molecule has 11 heteroatoms. The standard InChI is InChI=1S/C23H25ClN4O5S/c1-3-32-19-9-7-18(8-10-19)26-23(29)17-5-4-12-28(14-17)34(30,31)21-13-16(6-11-20(21)24)22-25-15(2)33-27-22/h6-11,13,17H,3-5,12,14H2,1-2H3,(H,26,29)/t17-/m0/s1. The molecule has 1 fully saturated rings. The van der Waals surface area contributed by atoms with Gasteiger partial charge in [0.2, 0.25) is 27.6 Å². The zero-order valence-corrected chi connectivity index (χ0v) is 20.4. The summed E-state index contributed by atoms with van der Waals surface area (Å²) in [6.45, 7) is 4.47. The molecular weight excluding hydrogens is 480 g/mol. The third-order valence-electron chi connectivity index (χ3n) is 5.52. The third kappa shape index (κ3) is 5.24. The molecule has 180 valence electrons. The lowest BCUT2D eigenvalue weighted by molar-refractivity contribution is -0.120. The van der Waals surface area contributed by atoms with E-state index in [1.54, 1.807) is 37.3 Å². The Bertz CT molecular complexity index is 1280. The van der Waals surface area contributed by atoms with Crippen LogP contribution < -0.4 is 10.1 Å². The fourth-order valence-corrected chi connectivity index (χ4v) is 5.84. The van der Waals surface area contributed by atoms with Crippen molar-refractivity contribution in [2.24, 2.45) is 5.92 Å². The molecule has 9 nitrogen and oxygen atoms in total. The lowest BCUT2D eigenvalue weighted by atomic mass is 9.99. The Morgan fingerprint density at radius 2 is 2.03 bits per heavy atom. The summed E-state index contributed by atoms with van der Waals surface area (Å²) in [6, 6.07) is 11.6. The summed E-state index contributed by atoms with van der Waals surface area (Å²) in [5.74, 6) is 0.636. The summed E-state index contributed by atoms with van der Waals surface area (Å²) in [4.78, 5) is 17.0.